The van der Waals surface area contributed by atoms with Gasteiger partial charge in [-0.25, -0.2) is 9.79 Å². The molecule has 1 aromatic carbocycles. The molecule has 0 amide bonds. The van der Waals surface area contributed by atoms with Crippen LogP contribution in [0.25, 0.3) is 6.08 Å². The van der Waals surface area contributed by atoms with E-state index < -0.39 is 5.97 Å². The van der Waals surface area contributed by atoms with Gasteiger partial charge in [0.25, 0.3) is 5.90 Å². The lowest BCUT2D eigenvalue weighted by atomic mass is 10.2. The molecule has 2 aromatic rings. The zero-order chi connectivity index (χ0) is 14.8. The van der Waals surface area contributed by atoms with Crippen LogP contribution in [0.5, 0.6) is 0 Å². The van der Waals surface area contributed by atoms with Crippen LogP contribution >= 0.6 is 27.7 Å². The van der Waals surface area contributed by atoms with Crippen LogP contribution in [0, 0.1) is 0 Å². The summed E-state index contributed by atoms with van der Waals surface area (Å²) < 4.78 is 11.0. The Hall–Kier alpha value is -1.79. The molecular weight excluding hydrogens is 354 g/mol. The fourth-order valence-corrected chi connectivity index (χ4v) is 2.52. The summed E-state index contributed by atoms with van der Waals surface area (Å²) in [5.74, 6) is 0.112. The predicted molar refractivity (Wildman–Crippen MR) is 85.2 cm³/mol. The number of nitrogens with zero attached hydrogens (tertiary/aromatic N) is 1. The molecule has 1 aromatic heterocycles. The zero-order valence-corrected chi connectivity index (χ0v) is 13.4. The van der Waals surface area contributed by atoms with Gasteiger partial charge in [0.1, 0.15) is 0 Å². The van der Waals surface area contributed by atoms with E-state index in [9.17, 15) is 4.79 Å². The van der Waals surface area contributed by atoms with E-state index in [0.29, 0.717) is 10.4 Å². The molecule has 0 unspecified atom stereocenters. The smallest absolute Gasteiger partial charge is 0.363 e. The van der Waals surface area contributed by atoms with Crippen molar-refractivity contribution in [3.05, 3.63) is 58.1 Å². The Labute approximate surface area is 134 Å². The first-order chi connectivity index (χ1) is 10.2. The van der Waals surface area contributed by atoms with Crippen LogP contribution < -0.4 is 0 Å². The normalized spacial score (nSPS) is 16.2. The highest BCUT2D eigenvalue weighted by Crippen LogP contribution is 2.23. The van der Waals surface area contributed by atoms with E-state index in [2.05, 4.69) is 20.9 Å². The number of esters is 1. The second kappa shape index (κ2) is 5.91. The third-order valence-corrected chi connectivity index (χ3v) is 3.99. The summed E-state index contributed by atoms with van der Waals surface area (Å²) in [5, 5.41) is 0. The van der Waals surface area contributed by atoms with Crippen molar-refractivity contribution in [3.8, 4) is 0 Å². The third-order valence-electron chi connectivity index (χ3n) is 2.82. The molecule has 3 rings (SSSR count). The first kappa shape index (κ1) is 14.2. The third kappa shape index (κ3) is 3.11. The number of halogens is 1. The molecule has 0 N–H and O–H groups in total. The van der Waals surface area contributed by atoms with Crippen LogP contribution in [0.4, 0.5) is 0 Å². The number of aliphatic imine (C=N–C) groups is 1. The Morgan fingerprint density at radius 1 is 1.19 bits per heavy atom. The van der Waals surface area contributed by atoms with Gasteiger partial charge in [-0.3, -0.25) is 0 Å². The molecule has 0 aliphatic carbocycles. The molecule has 1 aliphatic heterocycles. The second-order valence-corrected chi connectivity index (χ2v) is 5.87. The monoisotopic (exact) mass is 363 g/mol. The molecular formula is C15H10BrNO3S. The van der Waals surface area contributed by atoms with Gasteiger partial charge in [0.05, 0.1) is 0 Å². The van der Waals surface area contributed by atoms with Gasteiger partial charge < -0.3 is 9.15 Å². The van der Waals surface area contributed by atoms with Crippen molar-refractivity contribution in [1.82, 2.24) is 0 Å². The van der Waals surface area contributed by atoms with Crippen LogP contribution in [-0.4, -0.2) is 18.1 Å². The molecule has 0 radical (unpaired) electrons. The number of ether oxygens (including phenoxy) is 1. The number of thioether (sulfide) groups is 1. The number of hydrogen-bond acceptors (Lipinski definition) is 5. The Kier molecular flexibility index (Phi) is 3.98. The van der Waals surface area contributed by atoms with Crippen LogP contribution in [0.2, 0.25) is 0 Å². The number of hydrogen-bond donors (Lipinski definition) is 0. The highest BCUT2D eigenvalue weighted by Gasteiger charge is 2.26. The first-order valence-corrected chi connectivity index (χ1v) is 8.10. The number of rotatable bonds is 3. The average molecular weight is 364 g/mol. The van der Waals surface area contributed by atoms with Crippen LogP contribution in [-0.2, 0) is 9.53 Å². The summed E-state index contributed by atoms with van der Waals surface area (Å²) in [6, 6.07) is 11.3. The molecule has 0 bridgehead atoms. The Balaban J connectivity index is 1.88. The van der Waals surface area contributed by atoms with E-state index in [0.717, 1.165) is 10.5 Å². The molecule has 6 heteroatoms. The quantitative estimate of drug-likeness (QED) is 0.467. The van der Waals surface area contributed by atoms with Gasteiger partial charge in [-0.15, -0.1) is 11.8 Å². The molecule has 106 valence electrons. The molecule has 1 aliphatic rings. The lowest BCUT2D eigenvalue weighted by molar-refractivity contribution is -0.130. The first-order valence-electron chi connectivity index (χ1n) is 6.08. The Bertz CT molecular complexity index is 747. The summed E-state index contributed by atoms with van der Waals surface area (Å²) >= 11 is 4.86. The number of carbonyl (C=O) groups excluding carboxylic acids is 1. The molecule has 21 heavy (non-hydrogen) atoms. The lowest BCUT2D eigenvalue weighted by Crippen LogP contribution is -2.04. The van der Waals surface area contributed by atoms with E-state index in [-0.39, 0.29) is 11.6 Å². The fraction of sp³-hybridized carbons (Fsp3) is 0.0667. The van der Waals surface area contributed by atoms with Crippen LogP contribution in [0.3, 0.4) is 0 Å². The van der Waals surface area contributed by atoms with Gasteiger partial charge in [-0.2, -0.15) is 0 Å². The number of carbonyl (C=O) groups is 1. The summed E-state index contributed by atoms with van der Waals surface area (Å²) in [6.45, 7) is 0. The number of cyclic esters (lactones) is 1. The maximum Gasteiger partial charge on any atom is 0.363 e. The van der Waals surface area contributed by atoms with Crippen molar-refractivity contribution in [2.45, 2.75) is 4.90 Å². The molecule has 0 spiro atoms. The minimum Gasteiger partial charge on any atom is -0.444 e. The Morgan fingerprint density at radius 2 is 1.95 bits per heavy atom. The molecule has 0 fully saturated rings. The maximum atomic E-state index is 11.8. The van der Waals surface area contributed by atoms with Crippen molar-refractivity contribution in [2.75, 3.05) is 6.26 Å². The van der Waals surface area contributed by atoms with E-state index in [1.165, 1.54) is 0 Å². The van der Waals surface area contributed by atoms with E-state index in [1.54, 1.807) is 30.0 Å². The molecule has 0 atom stereocenters. The van der Waals surface area contributed by atoms with Crippen molar-refractivity contribution in [2.24, 2.45) is 4.99 Å². The van der Waals surface area contributed by atoms with Crippen molar-refractivity contribution >= 4 is 45.6 Å². The number of benzene rings is 1. The largest absolute Gasteiger partial charge is 0.444 e. The molecule has 4 nitrogen and oxygen atoms in total. The standard InChI is InChI=1S/C15H10BrNO3S/c1-21-10-4-2-9(3-5-10)8-11-15(18)20-14(17-11)12-6-7-13(16)19-12/h2-8H,1H3/b11-8-. The van der Waals surface area contributed by atoms with Crippen LogP contribution in [0.1, 0.15) is 11.3 Å². The fourth-order valence-electron chi connectivity index (χ4n) is 1.80. The second-order valence-electron chi connectivity index (χ2n) is 4.21. The van der Waals surface area contributed by atoms with E-state index >= 15 is 0 Å². The number of furan rings is 1. The van der Waals surface area contributed by atoms with Crippen molar-refractivity contribution in [3.63, 3.8) is 0 Å². The van der Waals surface area contributed by atoms with Gasteiger partial charge in [0.2, 0.25) is 0 Å². The topological polar surface area (TPSA) is 51.8 Å². The lowest BCUT2D eigenvalue weighted by Gasteiger charge is -1.97. The minimum absolute atomic E-state index is 0.178. The van der Waals surface area contributed by atoms with Gasteiger partial charge >= 0.3 is 5.97 Å². The van der Waals surface area contributed by atoms with Crippen molar-refractivity contribution in [1.29, 1.82) is 0 Å². The van der Waals surface area contributed by atoms with E-state index in [4.69, 9.17) is 9.15 Å². The summed E-state index contributed by atoms with van der Waals surface area (Å²) in [4.78, 5) is 17.2. The maximum absolute atomic E-state index is 11.8. The van der Waals surface area contributed by atoms with Gasteiger partial charge in [0.15, 0.2) is 16.1 Å². The highest BCUT2D eigenvalue weighted by molar-refractivity contribution is 9.10. The van der Waals surface area contributed by atoms with Gasteiger partial charge in [0, 0.05) is 4.90 Å². The molecule has 2 heterocycles. The van der Waals surface area contributed by atoms with Crippen molar-refractivity contribution < 1.29 is 13.9 Å². The van der Waals surface area contributed by atoms with Gasteiger partial charge in [-0.05, 0) is 58.1 Å². The summed E-state index contributed by atoms with van der Waals surface area (Å²) in [5.41, 5.74) is 1.15. The summed E-state index contributed by atoms with van der Waals surface area (Å²) in [7, 11) is 0. The molecule has 0 saturated carbocycles. The average Bonchev–Trinajstić information content (AvgIpc) is 3.07. The SMILES string of the molecule is CSc1ccc(/C=C2\N=C(c3ccc(Br)o3)OC2=O)cc1. The minimum atomic E-state index is -0.480. The summed E-state index contributed by atoms with van der Waals surface area (Å²) in [6.07, 6.45) is 3.71. The predicted octanol–water partition coefficient (Wildman–Crippen LogP) is 4.11. The molecule has 0 saturated heterocycles. The van der Waals surface area contributed by atoms with E-state index in [1.807, 2.05) is 30.5 Å². The van der Waals surface area contributed by atoms with Crippen LogP contribution in [0.15, 0.2) is 61.1 Å². The van der Waals surface area contributed by atoms with Gasteiger partial charge in [-0.1, -0.05) is 12.1 Å². The Morgan fingerprint density at radius 3 is 2.57 bits per heavy atom. The zero-order valence-electron chi connectivity index (χ0n) is 11.0. The highest BCUT2D eigenvalue weighted by atomic mass is 79.9.